The van der Waals surface area contributed by atoms with Gasteiger partial charge in [-0.05, 0) is 24.3 Å². The Morgan fingerprint density at radius 2 is 2.14 bits per heavy atom. The Labute approximate surface area is 130 Å². The highest BCUT2D eigenvalue weighted by molar-refractivity contribution is 5.73. The first-order valence-electron chi connectivity index (χ1n) is 7.53. The average molecular weight is 306 g/mol. The van der Waals surface area contributed by atoms with Gasteiger partial charge in [0.25, 0.3) is 5.69 Å². The molecule has 1 aromatic carbocycles. The van der Waals surface area contributed by atoms with Crippen molar-refractivity contribution in [2.45, 2.75) is 51.9 Å². The van der Waals surface area contributed by atoms with E-state index in [2.05, 4.69) is 19.2 Å². The SMILES string of the molecule is CC(=O)N[C@H]1C[C@@H](c2cccc([N+](=O)[O-])c2)O[C@@H](C(C)C)C1. The summed E-state index contributed by atoms with van der Waals surface area (Å²) < 4.78 is 6.11. The fourth-order valence-corrected chi connectivity index (χ4v) is 2.85. The second kappa shape index (κ2) is 6.87. The predicted molar refractivity (Wildman–Crippen MR) is 82.4 cm³/mol. The fraction of sp³-hybridized carbons (Fsp3) is 0.562. The molecule has 0 bridgehead atoms. The van der Waals surface area contributed by atoms with E-state index in [4.69, 9.17) is 4.74 Å². The van der Waals surface area contributed by atoms with Crippen molar-refractivity contribution in [2.75, 3.05) is 0 Å². The molecule has 0 unspecified atom stereocenters. The molecule has 0 radical (unpaired) electrons. The van der Waals surface area contributed by atoms with Gasteiger partial charge in [0.1, 0.15) is 0 Å². The highest BCUT2D eigenvalue weighted by atomic mass is 16.6. The van der Waals surface area contributed by atoms with Crippen LogP contribution < -0.4 is 5.32 Å². The Balaban J connectivity index is 2.22. The number of nitrogens with one attached hydrogen (secondary N) is 1. The molecule has 0 spiro atoms. The van der Waals surface area contributed by atoms with Gasteiger partial charge in [-0.25, -0.2) is 0 Å². The van der Waals surface area contributed by atoms with Crippen molar-refractivity contribution in [3.05, 3.63) is 39.9 Å². The van der Waals surface area contributed by atoms with Gasteiger partial charge in [0.2, 0.25) is 5.91 Å². The van der Waals surface area contributed by atoms with Crippen LogP contribution >= 0.6 is 0 Å². The molecule has 6 nitrogen and oxygen atoms in total. The van der Waals surface area contributed by atoms with Gasteiger partial charge in [0.05, 0.1) is 17.1 Å². The number of hydrogen-bond acceptors (Lipinski definition) is 4. The molecule has 6 heteroatoms. The lowest BCUT2D eigenvalue weighted by atomic mass is 9.89. The summed E-state index contributed by atoms with van der Waals surface area (Å²) >= 11 is 0. The molecule has 0 aromatic heterocycles. The van der Waals surface area contributed by atoms with Crippen molar-refractivity contribution < 1.29 is 14.5 Å². The van der Waals surface area contributed by atoms with Crippen LogP contribution in [0.3, 0.4) is 0 Å². The molecule has 22 heavy (non-hydrogen) atoms. The van der Waals surface area contributed by atoms with Crippen LogP contribution in [-0.4, -0.2) is 23.0 Å². The Hall–Kier alpha value is -1.95. The molecule has 3 atom stereocenters. The predicted octanol–water partition coefficient (Wildman–Crippen LogP) is 2.98. The van der Waals surface area contributed by atoms with Crippen LogP contribution in [0.2, 0.25) is 0 Å². The van der Waals surface area contributed by atoms with E-state index in [0.717, 1.165) is 12.0 Å². The van der Waals surface area contributed by atoms with Crippen molar-refractivity contribution in [3.8, 4) is 0 Å². The van der Waals surface area contributed by atoms with Gasteiger partial charge < -0.3 is 10.1 Å². The zero-order chi connectivity index (χ0) is 16.3. The Morgan fingerprint density at radius 3 is 2.73 bits per heavy atom. The zero-order valence-electron chi connectivity index (χ0n) is 13.1. The van der Waals surface area contributed by atoms with Crippen molar-refractivity contribution in [2.24, 2.45) is 5.92 Å². The molecule has 2 rings (SSSR count). The third-order valence-electron chi connectivity index (χ3n) is 3.96. The minimum Gasteiger partial charge on any atom is -0.370 e. The number of nitrogens with zero attached hydrogens (tertiary/aromatic N) is 1. The highest BCUT2D eigenvalue weighted by Gasteiger charge is 2.32. The molecule has 1 fully saturated rings. The molecule has 120 valence electrons. The van der Waals surface area contributed by atoms with Gasteiger partial charge in [0, 0.05) is 25.1 Å². The van der Waals surface area contributed by atoms with E-state index in [-0.39, 0.29) is 29.8 Å². The Bertz CT molecular complexity index is 559. The summed E-state index contributed by atoms with van der Waals surface area (Å²) in [6.45, 7) is 5.65. The van der Waals surface area contributed by atoms with E-state index < -0.39 is 4.92 Å². The molecule has 1 heterocycles. The van der Waals surface area contributed by atoms with Crippen LogP contribution in [0, 0.1) is 16.0 Å². The number of nitro groups is 1. The smallest absolute Gasteiger partial charge is 0.269 e. The molecule has 1 saturated heterocycles. The molecule has 1 aromatic rings. The number of non-ortho nitro benzene ring substituents is 1. The number of carbonyl (C=O) groups excluding carboxylic acids is 1. The van der Waals surface area contributed by atoms with Gasteiger partial charge in [0.15, 0.2) is 0 Å². The summed E-state index contributed by atoms with van der Waals surface area (Å²) in [7, 11) is 0. The minimum atomic E-state index is -0.405. The van der Waals surface area contributed by atoms with Crippen LogP contribution in [0.4, 0.5) is 5.69 Å². The number of rotatable bonds is 4. The number of amides is 1. The minimum absolute atomic E-state index is 0.0230. The first kappa shape index (κ1) is 16.4. The maximum Gasteiger partial charge on any atom is 0.269 e. The molecular weight excluding hydrogens is 284 g/mol. The van der Waals surface area contributed by atoms with Crippen LogP contribution in [0.25, 0.3) is 0 Å². The summed E-state index contributed by atoms with van der Waals surface area (Å²) in [4.78, 5) is 21.9. The van der Waals surface area contributed by atoms with Crippen LogP contribution in [-0.2, 0) is 9.53 Å². The van der Waals surface area contributed by atoms with E-state index in [0.29, 0.717) is 12.3 Å². The third kappa shape index (κ3) is 4.04. The number of ether oxygens (including phenoxy) is 1. The van der Waals surface area contributed by atoms with Crippen LogP contribution in [0.1, 0.15) is 45.3 Å². The summed E-state index contributed by atoms with van der Waals surface area (Å²) in [6, 6.07) is 6.56. The van der Waals surface area contributed by atoms with Gasteiger partial charge in [-0.1, -0.05) is 26.0 Å². The molecule has 1 aliphatic heterocycles. The van der Waals surface area contributed by atoms with Gasteiger partial charge in [-0.2, -0.15) is 0 Å². The van der Waals surface area contributed by atoms with E-state index in [1.54, 1.807) is 12.1 Å². The molecule has 0 aliphatic carbocycles. The molecule has 1 aliphatic rings. The van der Waals surface area contributed by atoms with E-state index >= 15 is 0 Å². The normalized spacial score (nSPS) is 25.0. The molecule has 0 saturated carbocycles. The van der Waals surface area contributed by atoms with Crippen LogP contribution in [0.5, 0.6) is 0 Å². The molecule has 1 N–H and O–H groups in total. The standard InChI is InChI=1S/C16H22N2O4/c1-10(2)15-8-13(17-11(3)19)9-16(22-15)12-5-4-6-14(7-12)18(20)21/h4-7,10,13,15-16H,8-9H2,1-3H3,(H,17,19)/t13-,15-,16+/m1/s1. The highest BCUT2D eigenvalue weighted by Crippen LogP contribution is 2.35. The van der Waals surface area contributed by atoms with E-state index in [1.807, 2.05) is 6.07 Å². The van der Waals surface area contributed by atoms with Crippen molar-refractivity contribution in [1.82, 2.24) is 5.32 Å². The maximum atomic E-state index is 11.3. The zero-order valence-corrected chi connectivity index (χ0v) is 13.1. The second-order valence-electron chi connectivity index (χ2n) is 6.13. The monoisotopic (exact) mass is 306 g/mol. The first-order valence-corrected chi connectivity index (χ1v) is 7.53. The van der Waals surface area contributed by atoms with Crippen molar-refractivity contribution >= 4 is 11.6 Å². The first-order chi connectivity index (χ1) is 10.4. The summed E-state index contributed by atoms with van der Waals surface area (Å²) in [5, 5.41) is 13.9. The van der Waals surface area contributed by atoms with E-state index in [1.165, 1.54) is 13.0 Å². The Morgan fingerprint density at radius 1 is 1.41 bits per heavy atom. The quantitative estimate of drug-likeness (QED) is 0.685. The van der Waals surface area contributed by atoms with Gasteiger partial charge in [-0.3, -0.25) is 14.9 Å². The number of carbonyl (C=O) groups is 1. The number of benzene rings is 1. The summed E-state index contributed by atoms with van der Waals surface area (Å²) in [6.07, 6.45) is 1.18. The lowest BCUT2D eigenvalue weighted by Gasteiger charge is -2.37. The van der Waals surface area contributed by atoms with Gasteiger partial charge in [-0.15, -0.1) is 0 Å². The number of hydrogen-bond donors (Lipinski definition) is 1. The lowest BCUT2D eigenvalue weighted by Crippen LogP contribution is -2.43. The molecular formula is C16H22N2O4. The lowest BCUT2D eigenvalue weighted by molar-refractivity contribution is -0.385. The topological polar surface area (TPSA) is 81.5 Å². The van der Waals surface area contributed by atoms with Crippen LogP contribution in [0.15, 0.2) is 24.3 Å². The third-order valence-corrected chi connectivity index (χ3v) is 3.96. The summed E-state index contributed by atoms with van der Waals surface area (Å²) in [5.74, 6) is 0.255. The average Bonchev–Trinajstić information content (AvgIpc) is 2.46. The van der Waals surface area contributed by atoms with E-state index in [9.17, 15) is 14.9 Å². The van der Waals surface area contributed by atoms with Crippen molar-refractivity contribution in [3.63, 3.8) is 0 Å². The largest absolute Gasteiger partial charge is 0.370 e. The van der Waals surface area contributed by atoms with Crippen molar-refractivity contribution in [1.29, 1.82) is 0 Å². The number of nitro benzene ring substituents is 1. The Kier molecular flexibility index (Phi) is 5.13. The maximum absolute atomic E-state index is 11.3. The molecule has 1 amide bonds. The second-order valence-corrected chi connectivity index (χ2v) is 6.13. The summed E-state index contributed by atoms with van der Waals surface area (Å²) in [5.41, 5.74) is 0.846. The fourth-order valence-electron chi connectivity index (χ4n) is 2.85. The van der Waals surface area contributed by atoms with Gasteiger partial charge >= 0.3 is 0 Å².